The lowest BCUT2D eigenvalue weighted by atomic mass is 10.4. The highest BCUT2D eigenvalue weighted by Gasteiger charge is 1.91. The lowest BCUT2D eigenvalue weighted by Gasteiger charge is -1.88. The standard InChI is InChI=1S/C8H9N3O/c1-11-6-5-10-8(11)4-2-3-7(9)12/h5-6H,3H2,1H3,(H2,9,12). The first-order chi connectivity index (χ1) is 5.70. The zero-order valence-corrected chi connectivity index (χ0v) is 6.74. The summed E-state index contributed by atoms with van der Waals surface area (Å²) in [5, 5.41) is 0. The van der Waals surface area contributed by atoms with Crippen LogP contribution in [0.4, 0.5) is 0 Å². The van der Waals surface area contributed by atoms with Crippen molar-refractivity contribution >= 4 is 5.91 Å². The minimum absolute atomic E-state index is 0.0762. The minimum atomic E-state index is -0.420. The summed E-state index contributed by atoms with van der Waals surface area (Å²) in [6.07, 6.45) is 3.51. The van der Waals surface area contributed by atoms with Crippen molar-refractivity contribution in [3.8, 4) is 11.8 Å². The molecule has 0 radical (unpaired) electrons. The molecule has 0 aliphatic rings. The van der Waals surface area contributed by atoms with Crippen LogP contribution >= 0.6 is 0 Å². The molecule has 0 spiro atoms. The summed E-state index contributed by atoms with van der Waals surface area (Å²) in [4.78, 5) is 14.3. The third-order valence-electron chi connectivity index (χ3n) is 1.28. The Morgan fingerprint density at radius 3 is 3.08 bits per heavy atom. The molecule has 1 aromatic heterocycles. The van der Waals surface area contributed by atoms with E-state index in [9.17, 15) is 4.79 Å². The number of amides is 1. The second-order valence-electron chi connectivity index (χ2n) is 2.31. The molecule has 0 aliphatic carbocycles. The number of hydrogen-bond donors (Lipinski definition) is 1. The van der Waals surface area contributed by atoms with Crippen LogP contribution in [-0.2, 0) is 11.8 Å². The summed E-state index contributed by atoms with van der Waals surface area (Å²) in [6.45, 7) is 0. The van der Waals surface area contributed by atoms with Gasteiger partial charge in [0.1, 0.15) is 0 Å². The molecule has 1 amide bonds. The molecule has 4 nitrogen and oxygen atoms in total. The molecule has 0 fully saturated rings. The van der Waals surface area contributed by atoms with Crippen LogP contribution < -0.4 is 5.73 Å². The van der Waals surface area contributed by atoms with E-state index >= 15 is 0 Å². The molecule has 0 saturated carbocycles. The highest BCUT2D eigenvalue weighted by atomic mass is 16.1. The summed E-state index contributed by atoms with van der Waals surface area (Å²) >= 11 is 0. The summed E-state index contributed by atoms with van der Waals surface area (Å²) in [5.41, 5.74) is 4.90. The highest BCUT2D eigenvalue weighted by Crippen LogP contribution is 1.90. The second kappa shape index (κ2) is 3.58. The van der Waals surface area contributed by atoms with Crippen LogP contribution in [0.3, 0.4) is 0 Å². The molecule has 0 saturated heterocycles. The first-order valence-electron chi connectivity index (χ1n) is 3.44. The smallest absolute Gasteiger partial charge is 0.229 e. The largest absolute Gasteiger partial charge is 0.369 e. The van der Waals surface area contributed by atoms with Crippen molar-refractivity contribution in [1.29, 1.82) is 0 Å². The van der Waals surface area contributed by atoms with Gasteiger partial charge in [0.25, 0.3) is 0 Å². The van der Waals surface area contributed by atoms with Crippen LogP contribution in [0.2, 0.25) is 0 Å². The van der Waals surface area contributed by atoms with Crippen LogP contribution in [0.15, 0.2) is 12.4 Å². The number of carbonyl (C=O) groups is 1. The Labute approximate surface area is 70.4 Å². The molecular formula is C8H9N3O. The number of nitrogens with zero attached hydrogens (tertiary/aromatic N) is 2. The Morgan fingerprint density at radius 2 is 2.58 bits per heavy atom. The Balaban J connectivity index is 2.67. The van der Waals surface area contributed by atoms with Crippen LogP contribution in [0.1, 0.15) is 12.2 Å². The summed E-state index contributed by atoms with van der Waals surface area (Å²) < 4.78 is 1.77. The van der Waals surface area contributed by atoms with Gasteiger partial charge in [-0.3, -0.25) is 4.79 Å². The van der Waals surface area contributed by atoms with Crippen LogP contribution in [0.5, 0.6) is 0 Å². The minimum Gasteiger partial charge on any atom is -0.369 e. The maximum atomic E-state index is 10.3. The molecule has 1 heterocycles. The van der Waals surface area contributed by atoms with Crippen molar-refractivity contribution in [2.24, 2.45) is 12.8 Å². The zero-order valence-electron chi connectivity index (χ0n) is 6.74. The average Bonchev–Trinajstić information content (AvgIpc) is 2.36. The van der Waals surface area contributed by atoms with Gasteiger partial charge in [0.05, 0.1) is 6.42 Å². The van der Waals surface area contributed by atoms with Gasteiger partial charge in [0.2, 0.25) is 5.91 Å². The van der Waals surface area contributed by atoms with Gasteiger partial charge in [-0.05, 0) is 5.92 Å². The van der Waals surface area contributed by atoms with Gasteiger partial charge < -0.3 is 10.3 Å². The van der Waals surface area contributed by atoms with Gasteiger partial charge in [-0.25, -0.2) is 4.98 Å². The second-order valence-corrected chi connectivity index (χ2v) is 2.31. The fraction of sp³-hybridized carbons (Fsp3) is 0.250. The maximum Gasteiger partial charge on any atom is 0.229 e. The molecule has 62 valence electrons. The van der Waals surface area contributed by atoms with Gasteiger partial charge in [-0.2, -0.15) is 0 Å². The topological polar surface area (TPSA) is 60.9 Å². The molecule has 0 aromatic carbocycles. The molecule has 0 aliphatic heterocycles. The van der Waals surface area contributed by atoms with E-state index in [4.69, 9.17) is 5.73 Å². The number of nitrogens with two attached hydrogens (primary N) is 1. The number of imidazole rings is 1. The van der Waals surface area contributed by atoms with E-state index < -0.39 is 5.91 Å². The molecular weight excluding hydrogens is 154 g/mol. The summed E-state index contributed by atoms with van der Waals surface area (Å²) in [6, 6.07) is 0. The monoisotopic (exact) mass is 163 g/mol. The number of aryl methyl sites for hydroxylation is 1. The third kappa shape index (κ3) is 2.13. The van der Waals surface area contributed by atoms with Crippen molar-refractivity contribution in [2.75, 3.05) is 0 Å². The molecule has 4 heteroatoms. The SMILES string of the molecule is Cn1ccnc1C#CCC(N)=O. The predicted octanol–water partition coefficient (Wildman–Crippen LogP) is -0.353. The number of hydrogen-bond acceptors (Lipinski definition) is 2. The molecule has 0 bridgehead atoms. The van der Waals surface area contributed by atoms with Crippen LogP contribution in [-0.4, -0.2) is 15.5 Å². The summed E-state index contributed by atoms with van der Waals surface area (Å²) in [7, 11) is 1.83. The molecule has 2 N–H and O–H groups in total. The van der Waals surface area contributed by atoms with E-state index in [1.165, 1.54) is 0 Å². The van der Waals surface area contributed by atoms with Crippen molar-refractivity contribution in [1.82, 2.24) is 9.55 Å². The number of rotatable bonds is 1. The zero-order chi connectivity index (χ0) is 8.97. The van der Waals surface area contributed by atoms with E-state index in [-0.39, 0.29) is 6.42 Å². The predicted molar refractivity (Wildman–Crippen MR) is 43.9 cm³/mol. The maximum absolute atomic E-state index is 10.3. The van der Waals surface area contributed by atoms with E-state index in [0.717, 1.165) is 0 Å². The van der Waals surface area contributed by atoms with Crippen molar-refractivity contribution < 1.29 is 4.79 Å². The van der Waals surface area contributed by atoms with E-state index in [2.05, 4.69) is 16.8 Å². The number of primary amides is 1. The Bertz CT molecular complexity index is 343. The Hall–Kier alpha value is -1.76. The van der Waals surface area contributed by atoms with E-state index in [1.807, 2.05) is 7.05 Å². The Morgan fingerprint density at radius 1 is 1.83 bits per heavy atom. The quantitative estimate of drug-likeness (QED) is 0.575. The van der Waals surface area contributed by atoms with Gasteiger partial charge in [-0.1, -0.05) is 5.92 Å². The third-order valence-corrected chi connectivity index (χ3v) is 1.28. The number of carbonyl (C=O) groups excluding carboxylic acids is 1. The van der Waals surface area contributed by atoms with Gasteiger partial charge in [-0.15, -0.1) is 0 Å². The van der Waals surface area contributed by atoms with Gasteiger partial charge >= 0.3 is 0 Å². The first-order valence-corrected chi connectivity index (χ1v) is 3.44. The normalized spacial score (nSPS) is 8.75. The van der Waals surface area contributed by atoms with Crippen molar-refractivity contribution in [2.45, 2.75) is 6.42 Å². The van der Waals surface area contributed by atoms with Crippen molar-refractivity contribution in [3.63, 3.8) is 0 Å². The van der Waals surface area contributed by atoms with E-state index in [1.54, 1.807) is 17.0 Å². The van der Waals surface area contributed by atoms with E-state index in [0.29, 0.717) is 5.82 Å². The summed E-state index contributed by atoms with van der Waals surface area (Å²) in [5.74, 6) is 5.56. The molecule has 0 atom stereocenters. The highest BCUT2D eigenvalue weighted by molar-refractivity contribution is 5.76. The molecule has 1 rings (SSSR count). The molecule has 12 heavy (non-hydrogen) atoms. The lowest BCUT2D eigenvalue weighted by molar-refractivity contribution is -0.117. The fourth-order valence-electron chi connectivity index (χ4n) is 0.696. The van der Waals surface area contributed by atoms with Crippen molar-refractivity contribution in [3.05, 3.63) is 18.2 Å². The fourth-order valence-corrected chi connectivity index (χ4v) is 0.696. The Kier molecular flexibility index (Phi) is 2.49. The first kappa shape index (κ1) is 8.34. The lowest BCUT2D eigenvalue weighted by Crippen LogP contribution is -2.08. The van der Waals surface area contributed by atoms with Crippen LogP contribution in [0, 0.1) is 11.8 Å². The molecule has 0 unspecified atom stereocenters. The van der Waals surface area contributed by atoms with Gasteiger partial charge in [0, 0.05) is 19.4 Å². The average molecular weight is 163 g/mol. The number of aromatic nitrogens is 2. The molecule has 1 aromatic rings. The van der Waals surface area contributed by atoms with Gasteiger partial charge in [0.15, 0.2) is 5.82 Å². The van der Waals surface area contributed by atoms with Crippen LogP contribution in [0.25, 0.3) is 0 Å².